The summed E-state index contributed by atoms with van der Waals surface area (Å²) in [6, 6.07) is 22.0. The summed E-state index contributed by atoms with van der Waals surface area (Å²) < 4.78 is 1.63. The third-order valence-corrected chi connectivity index (χ3v) is 6.20. The van der Waals surface area contributed by atoms with E-state index in [1.165, 1.54) is 12.1 Å². The van der Waals surface area contributed by atoms with Gasteiger partial charge < -0.3 is 0 Å². The number of rotatable bonds is 3. The molecule has 0 saturated carbocycles. The number of aryl methyl sites for hydroxylation is 1. The van der Waals surface area contributed by atoms with E-state index in [4.69, 9.17) is 0 Å². The van der Waals surface area contributed by atoms with E-state index in [0.29, 0.717) is 27.9 Å². The molecule has 6 rings (SSSR count). The van der Waals surface area contributed by atoms with Crippen molar-refractivity contribution in [1.82, 2.24) is 14.8 Å². The molecule has 0 saturated heterocycles. The molecule has 0 amide bonds. The van der Waals surface area contributed by atoms with Gasteiger partial charge in [-0.3, -0.25) is 19.7 Å². The van der Waals surface area contributed by atoms with Crippen LogP contribution in [0, 0.1) is 17.0 Å². The van der Waals surface area contributed by atoms with E-state index >= 15 is 0 Å². The van der Waals surface area contributed by atoms with Crippen LogP contribution in [0.5, 0.6) is 0 Å². The number of nitro benzene ring substituents is 1. The normalized spacial score (nSPS) is 12.5. The Morgan fingerprint density at radius 3 is 2.23 bits per heavy atom. The summed E-state index contributed by atoms with van der Waals surface area (Å²) in [4.78, 5) is 43.0. The molecular weight excluding hydrogens is 444 g/mol. The van der Waals surface area contributed by atoms with Gasteiger partial charge in [-0.1, -0.05) is 54.6 Å². The van der Waals surface area contributed by atoms with Crippen LogP contribution < -0.4 is 0 Å². The quantitative estimate of drug-likeness (QED) is 0.269. The fourth-order valence-electron chi connectivity index (χ4n) is 4.66. The minimum atomic E-state index is -0.489. The number of hydrogen-bond acceptors (Lipinski definition) is 6. The van der Waals surface area contributed by atoms with Gasteiger partial charge >= 0.3 is 0 Å². The Bertz CT molecular complexity index is 1720. The van der Waals surface area contributed by atoms with Crippen LogP contribution in [0.4, 0.5) is 5.69 Å². The third-order valence-electron chi connectivity index (χ3n) is 6.20. The first kappa shape index (κ1) is 20.6. The zero-order valence-corrected chi connectivity index (χ0v) is 18.4. The van der Waals surface area contributed by atoms with E-state index in [1.54, 1.807) is 48.0 Å². The van der Waals surface area contributed by atoms with Gasteiger partial charge in [0.2, 0.25) is 5.78 Å². The van der Waals surface area contributed by atoms with Crippen molar-refractivity contribution in [2.75, 3.05) is 0 Å². The van der Waals surface area contributed by atoms with Crippen LogP contribution in [-0.4, -0.2) is 31.3 Å². The van der Waals surface area contributed by atoms with E-state index < -0.39 is 4.92 Å². The summed E-state index contributed by atoms with van der Waals surface area (Å²) >= 11 is 0. The smallest absolute Gasteiger partial charge is 0.270 e. The highest BCUT2D eigenvalue weighted by molar-refractivity contribution is 6.31. The first-order valence-electron chi connectivity index (χ1n) is 10.9. The molecular formula is C27H16N4O4. The molecule has 35 heavy (non-hydrogen) atoms. The summed E-state index contributed by atoms with van der Waals surface area (Å²) in [5.74, 6) is -0.722. The number of hydrogen-bond donors (Lipinski definition) is 0. The molecule has 1 aliphatic rings. The fourth-order valence-corrected chi connectivity index (χ4v) is 4.66. The molecule has 0 N–H and O–H groups in total. The largest absolute Gasteiger partial charge is 0.288 e. The second-order valence-corrected chi connectivity index (χ2v) is 8.25. The number of benzene rings is 3. The van der Waals surface area contributed by atoms with E-state index in [0.717, 1.165) is 5.69 Å². The number of non-ortho nitro benzene ring substituents is 1. The molecule has 2 heterocycles. The average Bonchev–Trinajstić information content (AvgIpc) is 3.22. The fraction of sp³-hybridized carbons (Fsp3) is 0.0370. The maximum atomic E-state index is 13.7. The molecule has 5 aromatic rings. The zero-order valence-electron chi connectivity index (χ0n) is 18.4. The minimum absolute atomic E-state index is 0.0137. The van der Waals surface area contributed by atoms with Gasteiger partial charge in [-0.25, -0.2) is 9.67 Å². The highest BCUT2D eigenvalue weighted by Gasteiger charge is 2.36. The van der Waals surface area contributed by atoms with Gasteiger partial charge in [-0.2, -0.15) is 5.10 Å². The minimum Gasteiger partial charge on any atom is -0.288 e. The summed E-state index contributed by atoms with van der Waals surface area (Å²) in [6.07, 6.45) is 0. The number of nitro groups is 1. The molecule has 1 aliphatic carbocycles. The van der Waals surface area contributed by atoms with Crippen molar-refractivity contribution in [3.8, 4) is 16.8 Å². The highest BCUT2D eigenvalue weighted by atomic mass is 16.6. The van der Waals surface area contributed by atoms with E-state index in [9.17, 15) is 19.7 Å². The number of fused-ring (bicyclic) bond motifs is 3. The van der Waals surface area contributed by atoms with Gasteiger partial charge in [0.1, 0.15) is 5.69 Å². The van der Waals surface area contributed by atoms with Crippen molar-refractivity contribution in [2.45, 2.75) is 6.92 Å². The molecule has 2 aromatic heterocycles. The standard InChI is InChI=1S/C27H16N4O4/c1-15-21-22(16-8-7-11-18(14-16)31(34)35)23-24(26(33)20-13-6-5-12-19(20)25(23)32)28-27(21)30(29-15)17-9-3-2-4-10-17/h2-14H,1H3. The Kier molecular flexibility index (Phi) is 4.43. The predicted molar refractivity (Wildman–Crippen MR) is 129 cm³/mol. The van der Waals surface area contributed by atoms with Crippen LogP contribution in [0.2, 0.25) is 0 Å². The summed E-state index contributed by atoms with van der Waals surface area (Å²) in [6.45, 7) is 1.79. The third kappa shape index (κ3) is 3.00. The second-order valence-electron chi connectivity index (χ2n) is 8.25. The summed E-state index contributed by atoms with van der Waals surface area (Å²) in [7, 11) is 0. The van der Waals surface area contributed by atoms with E-state index in [2.05, 4.69) is 10.1 Å². The second kappa shape index (κ2) is 7.53. The summed E-state index contributed by atoms with van der Waals surface area (Å²) in [5.41, 5.74) is 3.17. The van der Waals surface area contributed by atoms with Crippen LogP contribution in [0.25, 0.3) is 27.8 Å². The molecule has 0 aliphatic heterocycles. The lowest BCUT2D eigenvalue weighted by Gasteiger charge is -2.20. The SMILES string of the molecule is Cc1nn(-c2ccccc2)c2nc3c(c(-c4cccc([N+](=O)[O-])c4)c12)C(=O)c1ccccc1C3=O. The lowest BCUT2D eigenvalue weighted by atomic mass is 9.82. The van der Waals surface area contributed by atoms with Crippen molar-refractivity contribution in [2.24, 2.45) is 0 Å². The lowest BCUT2D eigenvalue weighted by Crippen LogP contribution is -2.23. The molecule has 0 spiro atoms. The van der Waals surface area contributed by atoms with Crippen molar-refractivity contribution >= 4 is 28.3 Å². The lowest BCUT2D eigenvalue weighted by molar-refractivity contribution is -0.384. The van der Waals surface area contributed by atoms with Crippen LogP contribution >= 0.6 is 0 Å². The molecule has 168 valence electrons. The Hall–Kier alpha value is -4.98. The van der Waals surface area contributed by atoms with E-state index in [1.807, 2.05) is 30.3 Å². The van der Waals surface area contributed by atoms with Gasteiger partial charge in [0.05, 0.1) is 27.3 Å². The monoisotopic (exact) mass is 460 g/mol. The van der Waals surface area contributed by atoms with Gasteiger partial charge in [0.25, 0.3) is 5.69 Å². The van der Waals surface area contributed by atoms with Crippen LogP contribution in [-0.2, 0) is 0 Å². The number of carbonyl (C=O) groups excluding carboxylic acids is 2. The molecule has 0 bridgehead atoms. The zero-order chi connectivity index (χ0) is 24.3. The molecule has 3 aromatic carbocycles. The van der Waals surface area contributed by atoms with Crippen LogP contribution in [0.3, 0.4) is 0 Å². The Morgan fingerprint density at radius 2 is 1.51 bits per heavy atom. The van der Waals surface area contributed by atoms with Gasteiger partial charge in [-0.15, -0.1) is 0 Å². The first-order valence-corrected chi connectivity index (χ1v) is 10.9. The van der Waals surface area contributed by atoms with Gasteiger partial charge in [0.15, 0.2) is 11.4 Å². The van der Waals surface area contributed by atoms with Gasteiger partial charge in [0, 0.05) is 28.8 Å². The summed E-state index contributed by atoms with van der Waals surface area (Å²) in [5, 5.41) is 16.8. The van der Waals surface area contributed by atoms with Crippen molar-refractivity contribution in [3.63, 3.8) is 0 Å². The maximum Gasteiger partial charge on any atom is 0.270 e. The number of carbonyl (C=O) groups is 2. The molecule has 0 unspecified atom stereocenters. The van der Waals surface area contributed by atoms with Crippen molar-refractivity contribution in [1.29, 1.82) is 0 Å². The Labute approximate surface area is 198 Å². The average molecular weight is 460 g/mol. The predicted octanol–water partition coefficient (Wildman–Crippen LogP) is 5.08. The number of ketones is 2. The Balaban J connectivity index is 1.78. The molecule has 0 radical (unpaired) electrons. The van der Waals surface area contributed by atoms with Crippen molar-refractivity contribution in [3.05, 3.63) is 117 Å². The molecule has 8 nitrogen and oxygen atoms in total. The highest BCUT2D eigenvalue weighted by Crippen LogP contribution is 2.40. The topological polar surface area (TPSA) is 108 Å². The number of para-hydroxylation sites is 1. The van der Waals surface area contributed by atoms with Crippen LogP contribution in [0.1, 0.15) is 37.7 Å². The number of aromatic nitrogens is 3. The molecule has 0 fully saturated rings. The maximum absolute atomic E-state index is 13.7. The first-order chi connectivity index (χ1) is 17.0. The molecule has 8 heteroatoms. The van der Waals surface area contributed by atoms with Gasteiger partial charge in [-0.05, 0) is 24.6 Å². The molecule has 0 atom stereocenters. The van der Waals surface area contributed by atoms with Crippen LogP contribution in [0.15, 0.2) is 78.9 Å². The van der Waals surface area contributed by atoms with E-state index in [-0.39, 0.29) is 39.6 Å². The Morgan fingerprint density at radius 1 is 0.829 bits per heavy atom. The van der Waals surface area contributed by atoms with Crippen molar-refractivity contribution < 1.29 is 14.5 Å². The number of pyridine rings is 1. The number of nitrogens with zero attached hydrogens (tertiary/aromatic N) is 4.